The number of aryl methyl sites for hydroxylation is 1. The van der Waals surface area contributed by atoms with Crippen LogP contribution in [0.4, 0.5) is 13.2 Å². The van der Waals surface area contributed by atoms with Crippen LogP contribution in [-0.2, 0) is 19.1 Å². The Morgan fingerprint density at radius 1 is 1.29 bits per heavy atom. The van der Waals surface area contributed by atoms with Gasteiger partial charge >= 0.3 is 6.18 Å². The second-order valence-corrected chi connectivity index (χ2v) is 6.36. The van der Waals surface area contributed by atoms with Gasteiger partial charge in [-0.3, -0.25) is 10.00 Å². The first kappa shape index (κ1) is 15.5. The van der Waals surface area contributed by atoms with Crippen LogP contribution in [0.3, 0.4) is 0 Å². The number of rotatable bonds is 4. The van der Waals surface area contributed by atoms with Crippen LogP contribution in [0.2, 0.25) is 0 Å². The molecule has 0 aromatic carbocycles. The lowest BCUT2D eigenvalue weighted by molar-refractivity contribution is -0.198. The Morgan fingerprint density at radius 3 is 2.71 bits per heavy atom. The van der Waals surface area contributed by atoms with Crippen molar-refractivity contribution in [2.24, 2.45) is 7.05 Å². The van der Waals surface area contributed by atoms with E-state index in [-0.39, 0.29) is 25.3 Å². The van der Waals surface area contributed by atoms with Crippen LogP contribution < -0.4 is 5.32 Å². The van der Waals surface area contributed by atoms with Crippen LogP contribution in [0.15, 0.2) is 0 Å². The first-order valence-corrected chi connectivity index (χ1v) is 7.89. The van der Waals surface area contributed by atoms with Crippen molar-refractivity contribution in [2.75, 3.05) is 6.54 Å². The molecule has 24 heavy (non-hydrogen) atoms. The molecule has 8 nitrogen and oxygen atoms in total. The number of nitrogens with zero attached hydrogens (tertiary/aromatic N) is 7. The molecule has 11 heteroatoms. The predicted molar refractivity (Wildman–Crippen MR) is 74.9 cm³/mol. The van der Waals surface area contributed by atoms with Gasteiger partial charge in [-0.25, -0.2) is 4.98 Å². The minimum Gasteiger partial charge on any atom is -0.297 e. The molecule has 0 bridgehead atoms. The Morgan fingerprint density at radius 2 is 2.08 bits per heavy atom. The Kier molecular flexibility index (Phi) is 3.37. The summed E-state index contributed by atoms with van der Waals surface area (Å²) < 4.78 is 42.1. The highest BCUT2D eigenvalue weighted by Crippen LogP contribution is 2.43. The van der Waals surface area contributed by atoms with Crippen molar-refractivity contribution in [3.63, 3.8) is 0 Å². The van der Waals surface area contributed by atoms with Gasteiger partial charge in [-0.1, -0.05) is 0 Å². The van der Waals surface area contributed by atoms with Crippen molar-refractivity contribution in [3.8, 4) is 0 Å². The van der Waals surface area contributed by atoms with Crippen molar-refractivity contribution in [1.82, 2.24) is 40.3 Å². The van der Waals surface area contributed by atoms with E-state index >= 15 is 0 Å². The molecule has 0 spiro atoms. The van der Waals surface area contributed by atoms with Crippen molar-refractivity contribution in [2.45, 2.75) is 49.9 Å². The van der Waals surface area contributed by atoms with Gasteiger partial charge in [0, 0.05) is 13.0 Å². The maximum absolute atomic E-state index is 13.5. The number of hydrogen-bond acceptors (Lipinski definition) is 6. The van der Waals surface area contributed by atoms with Crippen LogP contribution >= 0.6 is 0 Å². The predicted octanol–water partition coefficient (Wildman–Crippen LogP) is 0.868. The molecule has 130 valence electrons. The van der Waals surface area contributed by atoms with Crippen LogP contribution in [0.25, 0.3) is 0 Å². The van der Waals surface area contributed by atoms with Gasteiger partial charge in [-0.15, -0.1) is 10.2 Å². The largest absolute Gasteiger partial charge is 0.414 e. The van der Waals surface area contributed by atoms with E-state index in [4.69, 9.17) is 0 Å². The lowest BCUT2D eigenvalue weighted by Gasteiger charge is -2.28. The van der Waals surface area contributed by atoms with Gasteiger partial charge < -0.3 is 0 Å². The molecule has 0 amide bonds. The molecule has 2 aromatic rings. The number of tetrazole rings is 1. The SMILES string of the molecule is Cn1nc(C2CC2)nc1Cn1nnc(C2(C(F)(F)F)CCCN2)n1. The summed E-state index contributed by atoms with van der Waals surface area (Å²) in [5.41, 5.74) is -2.20. The molecular formula is C13H17F3N8. The van der Waals surface area contributed by atoms with E-state index in [1.165, 1.54) is 0 Å². The zero-order valence-electron chi connectivity index (χ0n) is 13.1. The highest BCUT2D eigenvalue weighted by atomic mass is 19.4. The fraction of sp³-hybridized carbons (Fsp3) is 0.769. The third-order valence-electron chi connectivity index (χ3n) is 4.57. The molecule has 0 radical (unpaired) electrons. The lowest BCUT2D eigenvalue weighted by atomic mass is 9.96. The summed E-state index contributed by atoms with van der Waals surface area (Å²) >= 11 is 0. The Hall–Kier alpha value is -2.04. The summed E-state index contributed by atoms with van der Waals surface area (Å²) in [4.78, 5) is 5.57. The second-order valence-electron chi connectivity index (χ2n) is 6.36. The molecule has 2 fully saturated rings. The molecular weight excluding hydrogens is 325 g/mol. The standard InChI is InChI=1S/C13H17F3N8/c1-23-9(18-10(20-23)8-3-4-8)7-24-21-11(19-22-24)12(13(14,15)16)5-2-6-17-12/h8,17H,2-7H2,1H3. The fourth-order valence-corrected chi connectivity index (χ4v) is 3.00. The Balaban J connectivity index is 1.58. The topological polar surface area (TPSA) is 86.3 Å². The number of halogens is 3. The van der Waals surface area contributed by atoms with Gasteiger partial charge in [-0.05, 0) is 37.4 Å². The van der Waals surface area contributed by atoms with Gasteiger partial charge in [-0.2, -0.15) is 23.1 Å². The minimum atomic E-state index is -4.47. The van der Waals surface area contributed by atoms with E-state index < -0.39 is 11.7 Å². The third-order valence-corrected chi connectivity index (χ3v) is 4.57. The zero-order chi connectivity index (χ0) is 16.9. The van der Waals surface area contributed by atoms with E-state index in [2.05, 4.69) is 30.8 Å². The van der Waals surface area contributed by atoms with E-state index in [0.29, 0.717) is 18.2 Å². The van der Waals surface area contributed by atoms with E-state index in [1.807, 2.05) is 0 Å². The third kappa shape index (κ3) is 2.46. The highest BCUT2D eigenvalue weighted by molar-refractivity contribution is 5.11. The van der Waals surface area contributed by atoms with E-state index in [1.54, 1.807) is 11.7 Å². The molecule has 4 rings (SSSR count). The van der Waals surface area contributed by atoms with Crippen LogP contribution in [-0.4, -0.2) is 47.7 Å². The monoisotopic (exact) mass is 342 g/mol. The maximum Gasteiger partial charge on any atom is 0.414 e. The molecule has 1 aliphatic carbocycles. The number of aromatic nitrogens is 7. The van der Waals surface area contributed by atoms with E-state index in [0.717, 1.165) is 23.5 Å². The summed E-state index contributed by atoms with van der Waals surface area (Å²) in [5.74, 6) is 1.44. The molecule has 1 N–H and O–H groups in total. The molecule has 2 aromatic heterocycles. The molecule has 3 heterocycles. The summed E-state index contributed by atoms with van der Waals surface area (Å²) in [6, 6.07) is 0. The minimum absolute atomic E-state index is 0.0853. The molecule has 1 atom stereocenters. The average molecular weight is 342 g/mol. The van der Waals surface area contributed by atoms with Gasteiger partial charge in [0.05, 0.1) is 0 Å². The van der Waals surface area contributed by atoms with Crippen LogP contribution in [0.5, 0.6) is 0 Å². The van der Waals surface area contributed by atoms with Crippen LogP contribution in [0, 0.1) is 0 Å². The number of nitrogens with one attached hydrogen (secondary N) is 1. The summed E-state index contributed by atoms with van der Waals surface area (Å²) in [6.45, 7) is 0.416. The lowest BCUT2D eigenvalue weighted by Crippen LogP contribution is -2.50. The second kappa shape index (κ2) is 5.23. The summed E-state index contributed by atoms with van der Waals surface area (Å²) in [5, 5.41) is 18.2. The zero-order valence-corrected chi connectivity index (χ0v) is 13.1. The normalized spacial score (nSPS) is 24.7. The van der Waals surface area contributed by atoms with Crippen LogP contribution in [0.1, 0.15) is 49.1 Å². The number of hydrogen-bond donors (Lipinski definition) is 1. The number of alkyl halides is 3. The van der Waals surface area contributed by atoms with Crippen molar-refractivity contribution >= 4 is 0 Å². The quantitative estimate of drug-likeness (QED) is 0.887. The van der Waals surface area contributed by atoms with Gasteiger partial charge in [0.1, 0.15) is 6.54 Å². The first-order valence-electron chi connectivity index (χ1n) is 7.89. The molecule has 2 aliphatic rings. The molecule has 1 saturated carbocycles. The Labute approximate surface area is 135 Å². The maximum atomic E-state index is 13.5. The van der Waals surface area contributed by atoms with Gasteiger partial charge in [0.2, 0.25) is 5.82 Å². The fourth-order valence-electron chi connectivity index (χ4n) is 3.00. The Bertz CT molecular complexity index is 739. The molecule has 1 saturated heterocycles. The van der Waals surface area contributed by atoms with E-state index in [9.17, 15) is 13.2 Å². The molecule has 1 aliphatic heterocycles. The highest BCUT2D eigenvalue weighted by Gasteiger charge is 2.60. The summed E-state index contributed by atoms with van der Waals surface area (Å²) in [6.07, 6.45) is -1.98. The smallest absolute Gasteiger partial charge is 0.297 e. The summed E-state index contributed by atoms with van der Waals surface area (Å²) in [7, 11) is 1.75. The van der Waals surface area contributed by atoms with Gasteiger partial charge in [0.15, 0.2) is 17.2 Å². The average Bonchev–Trinajstić information content (AvgIpc) is 2.93. The van der Waals surface area contributed by atoms with Crippen molar-refractivity contribution < 1.29 is 13.2 Å². The van der Waals surface area contributed by atoms with Gasteiger partial charge in [0.25, 0.3) is 0 Å². The first-order chi connectivity index (χ1) is 11.4. The van der Waals surface area contributed by atoms with Crippen molar-refractivity contribution in [3.05, 3.63) is 17.5 Å². The van der Waals surface area contributed by atoms with Crippen molar-refractivity contribution in [1.29, 1.82) is 0 Å². The molecule has 1 unspecified atom stereocenters.